The Morgan fingerprint density at radius 1 is 1.26 bits per heavy atom. The second-order valence-electron chi connectivity index (χ2n) is 4.74. The van der Waals surface area contributed by atoms with Gasteiger partial charge in [0.25, 0.3) is 11.8 Å². The lowest BCUT2D eigenvalue weighted by Gasteiger charge is -2.16. The van der Waals surface area contributed by atoms with Gasteiger partial charge in [0.05, 0.1) is 13.7 Å². The van der Waals surface area contributed by atoms with Crippen molar-refractivity contribution in [1.82, 2.24) is 10.9 Å². The predicted molar refractivity (Wildman–Crippen MR) is 93.9 cm³/mol. The molecule has 0 aliphatic rings. The average molecular weight is 418 g/mol. The van der Waals surface area contributed by atoms with Crippen LogP contribution in [0.25, 0.3) is 0 Å². The van der Waals surface area contributed by atoms with Gasteiger partial charge in [-0.05, 0) is 59.6 Å². The van der Waals surface area contributed by atoms with Gasteiger partial charge in [-0.1, -0.05) is 17.7 Å². The van der Waals surface area contributed by atoms with E-state index in [0.717, 1.165) is 9.35 Å². The highest BCUT2D eigenvalue weighted by Gasteiger charge is 2.17. The van der Waals surface area contributed by atoms with Crippen molar-refractivity contribution < 1.29 is 14.3 Å². The van der Waals surface area contributed by atoms with Crippen LogP contribution in [0.2, 0.25) is 5.02 Å². The number of aryl methyl sites for hydroxylation is 1. The van der Waals surface area contributed by atoms with Crippen molar-refractivity contribution >= 4 is 50.7 Å². The van der Waals surface area contributed by atoms with Crippen LogP contribution in [0.5, 0.6) is 5.75 Å². The molecule has 0 fully saturated rings. The second kappa shape index (κ2) is 7.81. The van der Waals surface area contributed by atoms with Gasteiger partial charge in [-0.3, -0.25) is 20.4 Å². The molecular weight excluding hydrogens is 404 g/mol. The molecule has 0 bridgehead atoms. The number of hydrogen-bond acceptors (Lipinski definition) is 4. The highest BCUT2D eigenvalue weighted by atomic mass is 79.9. The highest BCUT2D eigenvalue weighted by molar-refractivity contribution is 9.11. The number of ether oxygens (including phenoxy) is 1. The maximum Gasteiger partial charge on any atom is 0.279 e. The number of carbonyl (C=O) groups is 2. The summed E-state index contributed by atoms with van der Waals surface area (Å²) >= 11 is 10.6. The van der Waals surface area contributed by atoms with E-state index in [9.17, 15) is 9.59 Å². The third kappa shape index (κ3) is 4.95. The predicted octanol–water partition coefficient (Wildman–Crippen LogP) is 3.70. The molecule has 1 heterocycles. The first-order valence-electron chi connectivity index (χ1n) is 6.65. The first-order valence-corrected chi connectivity index (χ1v) is 8.64. The fourth-order valence-electron chi connectivity index (χ4n) is 1.66. The van der Waals surface area contributed by atoms with Gasteiger partial charge in [-0.25, -0.2) is 0 Å². The zero-order valence-electron chi connectivity index (χ0n) is 12.4. The molecule has 1 atom stereocenters. The van der Waals surface area contributed by atoms with Gasteiger partial charge in [0.15, 0.2) is 6.10 Å². The Kier molecular flexibility index (Phi) is 6.04. The third-order valence-electron chi connectivity index (χ3n) is 2.86. The molecule has 0 saturated carbocycles. The van der Waals surface area contributed by atoms with Crippen LogP contribution in [0.1, 0.15) is 22.2 Å². The zero-order valence-corrected chi connectivity index (χ0v) is 15.5. The van der Waals surface area contributed by atoms with Crippen LogP contribution in [-0.2, 0) is 4.79 Å². The smallest absolute Gasteiger partial charge is 0.279 e. The first-order chi connectivity index (χ1) is 10.9. The van der Waals surface area contributed by atoms with Crippen molar-refractivity contribution in [3.63, 3.8) is 0 Å². The van der Waals surface area contributed by atoms with E-state index in [1.54, 1.807) is 31.2 Å². The molecular formula is C15H14BrClN2O3S. The van der Waals surface area contributed by atoms with E-state index in [-0.39, 0.29) is 0 Å². The second-order valence-corrected chi connectivity index (χ2v) is 7.61. The van der Waals surface area contributed by atoms with Crippen molar-refractivity contribution in [1.29, 1.82) is 0 Å². The Balaban J connectivity index is 1.90. The average Bonchev–Trinajstić information content (AvgIpc) is 2.94. The monoisotopic (exact) mass is 416 g/mol. The van der Waals surface area contributed by atoms with E-state index in [4.69, 9.17) is 16.3 Å². The van der Waals surface area contributed by atoms with E-state index < -0.39 is 17.9 Å². The molecule has 122 valence electrons. The lowest BCUT2D eigenvalue weighted by molar-refractivity contribution is -0.128. The summed E-state index contributed by atoms with van der Waals surface area (Å²) in [5.74, 6) is -0.454. The molecule has 5 nitrogen and oxygen atoms in total. The van der Waals surface area contributed by atoms with Crippen LogP contribution < -0.4 is 15.6 Å². The molecule has 0 spiro atoms. The van der Waals surface area contributed by atoms with E-state index in [1.165, 1.54) is 11.3 Å². The molecule has 0 radical (unpaired) electrons. The SMILES string of the molecule is Cc1ccc(Cl)c(OC(C)C(=O)NNC(=O)c2ccc(Br)s2)c1. The van der Waals surface area contributed by atoms with Crippen molar-refractivity contribution in [2.45, 2.75) is 20.0 Å². The van der Waals surface area contributed by atoms with Crippen molar-refractivity contribution in [2.24, 2.45) is 0 Å². The number of amides is 2. The molecule has 1 unspecified atom stereocenters. The highest BCUT2D eigenvalue weighted by Crippen LogP contribution is 2.26. The normalized spacial score (nSPS) is 11.7. The minimum Gasteiger partial charge on any atom is -0.479 e. The molecule has 8 heteroatoms. The van der Waals surface area contributed by atoms with E-state index in [0.29, 0.717) is 15.6 Å². The summed E-state index contributed by atoms with van der Waals surface area (Å²) < 4.78 is 6.36. The molecule has 23 heavy (non-hydrogen) atoms. The van der Waals surface area contributed by atoms with Crippen molar-refractivity contribution in [2.75, 3.05) is 0 Å². The van der Waals surface area contributed by atoms with Crippen molar-refractivity contribution in [3.8, 4) is 5.75 Å². The van der Waals surface area contributed by atoms with Gasteiger partial charge in [0.1, 0.15) is 5.75 Å². The van der Waals surface area contributed by atoms with Crippen LogP contribution >= 0.6 is 38.9 Å². The van der Waals surface area contributed by atoms with Gasteiger partial charge >= 0.3 is 0 Å². The standard InChI is InChI=1S/C15H14BrClN2O3S/c1-8-3-4-10(17)11(7-8)22-9(2)14(20)18-19-15(21)12-5-6-13(16)23-12/h3-7,9H,1-2H3,(H,18,20)(H,19,21). The number of halogens is 2. The minimum absolute atomic E-state index is 0.394. The fraction of sp³-hybridized carbons (Fsp3) is 0.200. The van der Waals surface area contributed by atoms with Crippen LogP contribution in [0.3, 0.4) is 0 Å². The lowest BCUT2D eigenvalue weighted by Crippen LogP contribution is -2.47. The topological polar surface area (TPSA) is 67.4 Å². The Morgan fingerprint density at radius 3 is 2.65 bits per heavy atom. The summed E-state index contributed by atoms with van der Waals surface area (Å²) in [5, 5.41) is 0.419. The molecule has 1 aromatic carbocycles. The minimum atomic E-state index is -0.815. The van der Waals surface area contributed by atoms with Gasteiger partial charge in [-0.15, -0.1) is 11.3 Å². The molecule has 2 aromatic rings. The summed E-state index contributed by atoms with van der Waals surface area (Å²) in [6.45, 7) is 3.47. The van der Waals surface area contributed by atoms with Gasteiger partial charge in [-0.2, -0.15) is 0 Å². The molecule has 0 aliphatic heterocycles. The third-order valence-corrected chi connectivity index (χ3v) is 4.79. The number of nitrogens with one attached hydrogen (secondary N) is 2. The number of hydrogen-bond donors (Lipinski definition) is 2. The van der Waals surface area contributed by atoms with Crippen LogP contribution in [0.4, 0.5) is 0 Å². The summed E-state index contributed by atoms with van der Waals surface area (Å²) in [5.41, 5.74) is 5.64. The van der Waals surface area contributed by atoms with Crippen LogP contribution in [-0.4, -0.2) is 17.9 Å². The Hall–Kier alpha value is -1.57. The van der Waals surface area contributed by atoms with Crippen LogP contribution in [0.15, 0.2) is 34.1 Å². The van der Waals surface area contributed by atoms with Crippen molar-refractivity contribution in [3.05, 3.63) is 49.6 Å². The van der Waals surface area contributed by atoms with E-state index in [1.807, 2.05) is 13.0 Å². The summed E-state index contributed by atoms with van der Waals surface area (Å²) in [4.78, 5) is 24.3. The largest absolute Gasteiger partial charge is 0.479 e. The maximum absolute atomic E-state index is 12.0. The number of rotatable bonds is 4. The number of hydrazine groups is 1. The first kappa shape index (κ1) is 17.8. The molecule has 2 rings (SSSR count). The van der Waals surface area contributed by atoms with Gasteiger partial charge in [0, 0.05) is 0 Å². The number of carbonyl (C=O) groups excluding carboxylic acids is 2. The summed E-state index contributed by atoms with van der Waals surface area (Å²) in [7, 11) is 0. The van der Waals surface area contributed by atoms with E-state index in [2.05, 4.69) is 26.8 Å². The molecule has 2 amide bonds. The number of thiophene rings is 1. The zero-order chi connectivity index (χ0) is 17.0. The molecule has 1 aromatic heterocycles. The number of benzene rings is 1. The fourth-order valence-corrected chi connectivity index (χ4v) is 3.11. The van der Waals surface area contributed by atoms with Crippen LogP contribution in [0, 0.1) is 6.92 Å². The maximum atomic E-state index is 12.0. The lowest BCUT2D eigenvalue weighted by atomic mass is 10.2. The van der Waals surface area contributed by atoms with E-state index >= 15 is 0 Å². The Morgan fingerprint density at radius 2 is 2.00 bits per heavy atom. The quantitative estimate of drug-likeness (QED) is 0.745. The summed E-state index contributed by atoms with van der Waals surface area (Å²) in [6, 6.07) is 8.70. The van der Waals surface area contributed by atoms with Gasteiger partial charge in [0.2, 0.25) is 0 Å². The molecule has 0 aliphatic carbocycles. The Labute approximate surface area is 151 Å². The summed E-state index contributed by atoms with van der Waals surface area (Å²) in [6.07, 6.45) is -0.815. The molecule has 2 N–H and O–H groups in total. The molecule has 0 saturated heterocycles. The Bertz CT molecular complexity index is 735. The van der Waals surface area contributed by atoms with Gasteiger partial charge < -0.3 is 4.74 Å².